The zero-order chi connectivity index (χ0) is 25.0. The van der Waals surface area contributed by atoms with Gasteiger partial charge in [0.15, 0.2) is 11.8 Å². The molecule has 4 unspecified atom stereocenters. The van der Waals surface area contributed by atoms with E-state index in [1.54, 1.807) is 0 Å². The predicted molar refractivity (Wildman–Crippen MR) is 123 cm³/mol. The molecule has 0 saturated heterocycles. The van der Waals surface area contributed by atoms with Gasteiger partial charge in [-0.2, -0.15) is 0 Å². The minimum atomic E-state index is -1.32. The maximum Gasteiger partial charge on any atom is 0.317 e. The molecule has 0 bridgehead atoms. The number of carboxylic acids is 4. The Morgan fingerprint density at radius 2 is 1.09 bits per heavy atom. The van der Waals surface area contributed by atoms with Crippen molar-refractivity contribution in [2.24, 2.45) is 35.5 Å². The summed E-state index contributed by atoms with van der Waals surface area (Å²) in [6.07, 6.45) is 10.8. The second-order valence-electron chi connectivity index (χ2n) is 9.82. The predicted octanol–water partition coefficient (Wildman–Crippen LogP) is 5.15. The van der Waals surface area contributed by atoms with Gasteiger partial charge in [0, 0.05) is 0 Å². The number of carbonyl (C=O) groups is 4. The fourth-order valence-electron chi connectivity index (χ4n) is 5.77. The fourth-order valence-corrected chi connectivity index (χ4v) is 5.77. The van der Waals surface area contributed by atoms with E-state index in [1.807, 2.05) is 0 Å². The summed E-state index contributed by atoms with van der Waals surface area (Å²) in [5.41, 5.74) is 0. The molecule has 8 heteroatoms. The van der Waals surface area contributed by atoms with E-state index in [9.17, 15) is 19.2 Å². The lowest BCUT2D eigenvalue weighted by Gasteiger charge is -2.26. The summed E-state index contributed by atoms with van der Waals surface area (Å²) in [6, 6.07) is 0. The van der Waals surface area contributed by atoms with Crippen LogP contribution in [-0.2, 0) is 19.2 Å². The molecule has 0 radical (unpaired) electrons. The van der Waals surface area contributed by atoms with Crippen LogP contribution in [0.3, 0.4) is 0 Å². The highest BCUT2D eigenvalue weighted by Gasteiger charge is 2.39. The first-order valence-electron chi connectivity index (χ1n) is 12.5. The van der Waals surface area contributed by atoms with Crippen molar-refractivity contribution >= 4 is 23.9 Å². The Labute approximate surface area is 196 Å². The van der Waals surface area contributed by atoms with Gasteiger partial charge >= 0.3 is 23.9 Å². The molecule has 1 aliphatic rings. The van der Waals surface area contributed by atoms with Crippen LogP contribution in [0.25, 0.3) is 0 Å². The molecular weight excluding hydrogens is 428 g/mol. The molecule has 1 saturated carbocycles. The smallest absolute Gasteiger partial charge is 0.317 e. The summed E-state index contributed by atoms with van der Waals surface area (Å²) < 4.78 is 0. The summed E-state index contributed by atoms with van der Waals surface area (Å²) in [6.45, 7) is 4.51. The van der Waals surface area contributed by atoms with Gasteiger partial charge in [-0.25, -0.2) is 0 Å². The average molecular weight is 471 g/mol. The van der Waals surface area contributed by atoms with Gasteiger partial charge in [-0.1, -0.05) is 65.2 Å². The highest BCUT2D eigenvalue weighted by atomic mass is 16.4. The number of hydrogen-bond donors (Lipinski definition) is 4. The first kappa shape index (κ1) is 28.9. The lowest BCUT2D eigenvalue weighted by Crippen LogP contribution is -2.23. The van der Waals surface area contributed by atoms with E-state index in [-0.39, 0.29) is 12.8 Å². The molecule has 0 amide bonds. The summed E-state index contributed by atoms with van der Waals surface area (Å²) in [7, 11) is 0. The Hall–Kier alpha value is -2.12. The first-order chi connectivity index (χ1) is 15.6. The first-order valence-corrected chi connectivity index (χ1v) is 12.5. The Kier molecular flexibility index (Phi) is 13.1. The van der Waals surface area contributed by atoms with Crippen molar-refractivity contribution in [2.45, 2.75) is 97.3 Å². The van der Waals surface area contributed by atoms with Crippen LogP contribution in [0.15, 0.2) is 0 Å². The van der Waals surface area contributed by atoms with Crippen molar-refractivity contribution < 1.29 is 39.6 Å². The molecule has 33 heavy (non-hydrogen) atoms. The highest BCUT2D eigenvalue weighted by molar-refractivity contribution is 5.93. The second kappa shape index (κ2) is 14.9. The molecule has 0 heterocycles. The Morgan fingerprint density at radius 1 is 0.667 bits per heavy atom. The Bertz CT molecular complexity index is 618. The minimum Gasteiger partial charge on any atom is -0.481 e. The van der Waals surface area contributed by atoms with Crippen molar-refractivity contribution in [2.75, 3.05) is 0 Å². The normalized spacial score (nSPS) is 22.7. The summed E-state index contributed by atoms with van der Waals surface area (Å²) >= 11 is 0. The fraction of sp³-hybridized carbons (Fsp3) is 0.840. The van der Waals surface area contributed by atoms with E-state index in [0.717, 1.165) is 44.9 Å². The zero-order valence-corrected chi connectivity index (χ0v) is 20.1. The topological polar surface area (TPSA) is 149 Å². The molecule has 4 N–H and O–H groups in total. The van der Waals surface area contributed by atoms with Crippen LogP contribution in [0, 0.1) is 35.5 Å². The van der Waals surface area contributed by atoms with Crippen LogP contribution in [0.4, 0.5) is 0 Å². The third-order valence-electron chi connectivity index (χ3n) is 7.47. The van der Waals surface area contributed by atoms with Crippen molar-refractivity contribution in [3.05, 3.63) is 0 Å². The van der Waals surface area contributed by atoms with Crippen LogP contribution in [0.2, 0.25) is 0 Å². The largest absolute Gasteiger partial charge is 0.481 e. The number of unbranched alkanes of at least 4 members (excludes halogenated alkanes) is 4. The molecule has 190 valence electrons. The van der Waals surface area contributed by atoms with E-state index >= 15 is 0 Å². The van der Waals surface area contributed by atoms with Crippen molar-refractivity contribution in [1.82, 2.24) is 0 Å². The molecule has 1 rings (SSSR count). The van der Waals surface area contributed by atoms with Crippen LogP contribution < -0.4 is 0 Å². The van der Waals surface area contributed by atoms with Gasteiger partial charge in [-0.05, 0) is 55.8 Å². The van der Waals surface area contributed by atoms with Crippen LogP contribution in [0.5, 0.6) is 0 Å². The minimum absolute atomic E-state index is 0.167. The van der Waals surface area contributed by atoms with E-state index in [1.165, 1.54) is 12.8 Å². The Morgan fingerprint density at radius 3 is 1.48 bits per heavy atom. The molecule has 4 atom stereocenters. The third-order valence-corrected chi connectivity index (χ3v) is 7.47. The zero-order valence-electron chi connectivity index (χ0n) is 20.1. The molecule has 0 aliphatic heterocycles. The average Bonchev–Trinajstić information content (AvgIpc) is 3.00. The van der Waals surface area contributed by atoms with E-state index in [2.05, 4.69) is 13.8 Å². The van der Waals surface area contributed by atoms with Crippen LogP contribution in [-0.4, -0.2) is 44.3 Å². The third kappa shape index (κ3) is 9.72. The molecular formula is C25H42O8. The number of aliphatic carboxylic acids is 4. The maximum absolute atomic E-state index is 11.0. The standard InChI is InChI=1S/C25H42O8/c1-3-10-17-15-16(2)18(11-6-4-8-13-20(22(26)27)23(28)29)19(17)12-7-5-9-14-21(24(30)31)25(32)33/h16-21H,3-15H2,1-2H3,(H,26,27)(H,28,29)(H,30,31)(H,32,33). The highest BCUT2D eigenvalue weighted by Crippen LogP contribution is 2.48. The quantitative estimate of drug-likeness (QED) is 0.159. The van der Waals surface area contributed by atoms with Gasteiger partial charge in [0.05, 0.1) is 0 Å². The van der Waals surface area contributed by atoms with Gasteiger partial charge in [-0.15, -0.1) is 0 Å². The molecule has 8 nitrogen and oxygen atoms in total. The number of carboxylic acid groups (broad SMARTS) is 4. The molecule has 0 aromatic heterocycles. The molecule has 0 spiro atoms. The SMILES string of the molecule is CCCC1CC(C)C(CCCCCC(C(=O)O)C(=O)O)C1CCCCCC(C(=O)O)C(=O)O. The van der Waals surface area contributed by atoms with E-state index in [0.29, 0.717) is 36.5 Å². The lowest BCUT2D eigenvalue weighted by atomic mass is 9.79. The van der Waals surface area contributed by atoms with Crippen molar-refractivity contribution in [3.8, 4) is 0 Å². The molecule has 0 aromatic rings. The molecule has 0 aromatic carbocycles. The number of hydrogen-bond acceptors (Lipinski definition) is 4. The van der Waals surface area contributed by atoms with Crippen LogP contribution in [0.1, 0.15) is 97.3 Å². The van der Waals surface area contributed by atoms with Crippen molar-refractivity contribution in [1.29, 1.82) is 0 Å². The van der Waals surface area contributed by atoms with E-state index < -0.39 is 35.7 Å². The monoisotopic (exact) mass is 470 g/mol. The van der Waals surface area contributed by atoms with Gasteiger partial charge < -0.3 is 20.4 Å². The molecule has 1 fully saturated rings. The van der Waals surface area contributed by atoms with Crippen molar-refractivity contribution in [3.63, 3.8) is 0 Å². The van der Waals surface area contributed by atoms with Crippen LogP contribution >= 0.6 is 0 Å². The maximum atomic E-state index is 11.0. The second-order valence-corrected chi connectivity index (χ2v) is 9.82. The van der Waals surface area contributed by atoms with Gasteiger partial charge in [0.25, 0.3) is 0 Å². The Balaban J connectivity index is 2.49. The summed E-state index contributed by atoms with van der Waals surface area (Å²) in [5.74, 6) is -5.20. The van der Waals surface area contributed by atoms with Gasteiger partial charge in [0.1, 0.15) is 0 Å². The summed E-state index contributed by atoms with van der Waals surface area (Å²) in [5, 5.41) is 36.0. The van der Waals surface area contributed by atoms with E-state index in [4.69, 9.17) is 20.4 Å². The van der Waals surface area contributed by atoms with Gasteiger partial charge in [-0.3, -0.25) is 19.2 Å². The van der Waals surface area contributed by atoms with Gasteiger partial charge in [0.2, 0.25) is 0 Å². The number of rotatable bonds is 18. The molecule has 1 aliphatic carbocycles. The lowest BCUT2D eigenvalue weighted by molar-refractivity contribution is -0.156. The summed E-state index contributed by atoms with van der Waals surface area (Å²) in [4.78, 5) is 44.1.